The molecule has 0 saturated carbocycles. The lowest BCUT2D eigenvalue weighted by atomic mass is 10.0. The molecule has 0 spiro atoms. The van der Waals surface area contributed by atoms with Crippen molar-refractivity contribution in [3.05, 3.63) is 106 Å². The van der Waals surface area contributed by atoms with Crippen LogP contribution >= 0.6 is 0 Å². The number of hydrogen-bond donors (Lipinski definition) is 3. The van der Waals surface area contributed by atoms with Gasteiger partial charge in [0.05, 0.1) is 24.0 Å². The summed E-state index contributed by atoms with van der Waals surface area (Å²) in [6, 6.07) is 18.5. The average molecular weight is 614 g/mol. The minimum absolute atomic E-state index is 0.0707. The number of para-hydroxylation sites is 1. The number of nitrogens with two attached hydrogens (primary N) is 1. The quantitative estimate of drug-likeness (QED) is 0.186. The molecule has 2 heterocycles. The topological polar surface area (TPSA) is 151 Å². The number of rotatable bonds is 11. The predicted molar refractivity (Wildman–Crippen MR) is 167 cm³/mol. The zero-order valence-corrected chi connectivity index (χ0v) is 24.9. The largest absolute Gasteiger partial charge is 0.497 e. The van der Waals surface area contributed by atoms with Gasteiger partial charge in [-0.1, -0.05) is 25.1 Å². The molecule has 0 fully saturated rings. The maximum atomic E-state index is 15.2. The molecular weight excluding hydrogens is 581 g/mol. The zero-order valence-electron chi connectivity index (χ0n) is 24.9. The fraction of sp³-hybridized carbons (Fsp3) is 0.212. The van der Waals surface area contributed by atoms with Crippen LogP contribution in [0.3, 0.4) is 0 Å². The van der Waals surface area contributed by atoms with Gasteiger partial charge < -0.3 is 25.6 Å². The number of anilines is 1. The van der Waals surface area contributed by atoms with Crippen LogP contribution in [0.2, 0.25) is 0 Å². The van der Waals surface area contributed by atoms with Gasteiger partial charge in [-0.15, -0.1) is 0 Å². The minimum atomic E-state index is -1.12. The van der Waals surface area contributed by atoms with Crippen molar-refractivity contribution in [2.24, 2.45) is 11.7 Å². The number of carbonyl (C=O) groups is 2. The molecule has 0 aliphatic carbocycles. The molecule has 12 heteroatoms. The third kappa shape index (κ3) is 6.55. The first-order chi connectivity index (χ1) is 21.6. The van der Waals surface area contributed by atoms with Crippen LogP contribution in [-0.2, 0) is 11.3 Å². The first-order valence-corrected chi connectivity index (χ1v) is 14.1. The highest BCUT2D eigenvalue weighted by atomic mass is 19.1. The average Bonchev–Trinajstić information content (AvgIpc) is 3.26. The van der Waals surface area contributed by atoms with Crippen LogP contribution in [0, 0.1) is 18.7 Å². The van der Waals surface area contributed by atoms with Crippen molar-refractivity contribution in [3.8, 4) is 22.9 Å². The summed E-state index contributed by atoms with van der Waals surface area (Å²) < 4.78 is 29.3. The van der Waals surface area contributed by atoms with E-state index in [0.717, 1.165) is 6.07 Å². The molecule has 4 N–H and O–H groups in total. The van der Waals surface area contributed by atoms with Crippen LogP contribution in [0.25, 0.3) is 16.6 Å². The molecule has 3 aromatic carbocycles. The van der Waals surface area contributed by atoms with E-state index in [1.54, 1.807) is 79.5 Å². The number of ether oxygens (including phenoxy) is 2. The lowest BCUT2D eigenvalue weighted by Gasteiger charge is -2.19. The molecule has 0 aliphatic rings. The first-order valence-electron chi connectivity index (χ1n) is 14.1. The molecule has 11 nitrogen and oxygen atoms in total. The van der Waals surface area contributed by atoms with Gasteiger partial charge in [-0.05, 0) is 61.7 Å². The van der Waals surface area contributed by atoms with E-state index < -0.39 is 29.3 Å². The number of methoxy groups -OCH3 is 1. The number of halogens is 1. The standard InChI is InChI=1S/C33H32FN5O6/c1-19(15-26(35)33(42)43)18-38-20(2)30(32(41)39(38)22-7-5-4-6-8-22)31(40)37-21-9-12-29(25(34)16-21)45-28-13-14-36-27-17-23(44-3)10-11-24(27)28/h4-14,16-17,19,26H,15,18,35H2,1-3H3,(H,37,40)(H,42,43)/t19?,26-/m0/s1. The van der Waals surface area contributed by atoms with Gasteiger partial charge in [-0.3, -0.25) is 24.0 Å². The Bertz CT molecular complexity index is 1940. The van der Waals surface area contributed by atoms with E-state index in [-0.39, 0.29) is 35.9 Å². The first kappa shape index (κ1) is 31.0. The monoisotopic (exact) mass is 613 g/mol. The number of aromatic nitrogens is 3. The molecule has 0 radical (unpaired) electrons. The molecule has 0 aliphatic heterocycles. The number of carboxylic acid groups (broad SMARTS) is 1. The van der Waals surface area contributed by atoms with E-state index in [2.05, 4.69) is 10.3 Å². The maximum absolute atomic E-state index is 15.2. The van der Waals surface area contributed by atoms with E-state index in [4.69, 9.17) is 15.2 Å². The molecule has 0 bridgehead atoms. The van der Waals surface area contributed by atoms with Gasteiger partial charge in [0.25, 0.3) is 11.5 Å². The number of carboxylic acids is 1. The lowest BCUT2D eigenvalue weighted by molar-refractivity contribution is -0.138. The Morgan fingerprint density at radius 1 is 1.07 bits per heavy atom. The Morgan fingerprint density at radius 3 is 2.51 bits per heavy atom. The summed E-state index contributed by atoms with van der Waals surface area (Å²) in [7, 11) is 1.55. The number of nitrogens with one attached hydrogen (secondary N) is 1. The third-order valence-corrected chi connectivity index (χ3v) is 7.40. The summed E-state index contributed by atoms with van der Waals surface area (Å²) in [6.45, 7) is 3.67. The van der Waals surface area contributed by atoms with E-state index in [0.29, 0.717) is 33.8 Å². The molecule has 232 valence electrons. The summed E-state index contributed by atoms with van der Waals surface area (Å²) in [4.78, 5) is 42.8. The van der Waals surface area contributed by atoms with Crippen molar-refractivity contribution in [2.45, 2.75) is 32.9 Å². The van der Waals surface area contributed by atoms with E-state index in [9.17, 15) is 19.5 Å². The van der Waals surface area contributed by atoms with E-state index in [1.165, 1.54) is 16.8 Å². The smallest absolute Gasteiger partial charge is 0.320 e. The van der Waals surface area contributed by atoms with Crippen molar-refractivity contribution < 1.29 is 28.6 Å². The van der Waals surface area contributed by atoms with Crippen LogP contribution in [0.5, 0.6) is 17.2 Å². The number of benzene rings is 3. The SMILES string of the molecule is COc1ccc2c(Oc3ccc(NC(=O)c4c(C)n(CC(C)C[C@H](N)C(=O)O)n(-c5ccccc5)c4=O)cc3F)ccnc2c1. The van der Waals surface area contributed by atoms with Gasteiger partial charge in [-0.25, -0.2) is 9.07 Å². The van der Waals surface area contributed by atoms with Crippen LogP contribution in [-0.4, -0.2) is 44.5 Å². The highest BCUT2D eigenvalue weighted by molar-refractivity contribution is 6.05. The van der Waals surface area contributed by atoms with Crippen LogP contribution < -0.4 is 26.1 Å². The van der Waals surface area contributed by atoms with Gasteiger partial charge in [-0.2, -0.15) is 0 Å². The van der Waals surface area contributed by atoms with Gasteiger partial charge >= 0.3 is 5.97 Å². The number of nitrogens with zero attached hydrogens (tertiary/aromatic N) is 3. The van der Waals surface area contributed by atoms with Crippen LogP contribution in [0.4, 0.5) is 10.1 Å². The number of fused-ring (bicyclic) bond motifs is 1. The summed E-state index contributed by atoms with van der Waals surface area (Å²) in [5.74, 6) is -1.88. The van der Waals surface area contributed by atoms with Crippen molar-refractivity contribution in [2.75, 3.05) is 12.4 Å². The second-order valence-electron chi connectivity index (χ2n) is 10.7. The molecule has 1 amide bonds. The van der Waals surface area contributed by atoms with Gasteiger partial charge in [0.15, 0.2) is 11.6 Å². The fourth-order valence-electron chi connectivity index (χ4n) is 5.15. The zero-order chi connectivity index (χ0) is 32.2. The third-order valence-electron chi connectivity index (χ3n) is 7.40. The Hall–Kier alpha value is -5.49. The lowest BCUT2D eigenvalue weighted by Crippen LogP contribution is -2.33. The van der Waals surface area contributed by atoms with Gasteiger partial charge in [0, 0.05) is 35.9 Å². The number of carbonyl (C=O) groups excluding carboxylic acids is 1. The van der Waals surface area contributed by atoms with Gasteiger partial charge in [0.2, 0.25) is 0 Å². The highest BCUT2D eigenvalue weighted by Crippen LogP contribution is 2.33. The van der Waals surface area contributed by atoms with Crippen molar-refractivity contribution in [1.82, 2.24) is 14.3 Å². The highest BCUT2D eigenvalue weighted by Gasteiger charge is 2.26. The molecule has 5 aromatic rings. The molecule has 2 aromatic heterocycles. The van der Waals surface area contributed by atoms with Crippen molar-refractivity contribution >= 4 is 28.5 Å². The molecule has 0 saturated heterocycles. The van der Waals surface area contributed by atoms with Crippen molar-refractivity contribution in [1.29, 1.82) is 0 Å². The second kappa shape index (κ2) is 13.0. The Morgan fingerprint density at radius 2 is 1.82 bits per heavy atom. The Balaban J connectivity index is 1.41. The molecule has 5 rings (SSSR count). The van der Waals surface area contributed by atoms with E-state index in [1.807, 2.05) is 6.92 Å². The summed E-state index contributed by atoms with van der Waals surface area (Å²) in [6.07, 6.45) is 1.70. The second-order valence-corrected chi connectivity index (χ2v) is 10.7. The van der Waals surface area contributed by atoms with Crippen molar-refractivity contribution in [3.63, 3.8) is 0 Å². The minimum Gasteiger partial charge on any atom is -0.497 e. The number of pyridine rings is 1. The van der Waals surface area contributed by atoms with Gasteiger partial charge in [0.1, 0.15) is 23.1 Å². The van der Waals surface area contributed by atoms with Crippen LogP contribution in [0.15, 0.2) is 83.8 Å². The number of hydrogen-bond acceptors (Lipinski definition) is 7. The molecule has 1 unspecified atom stereocenters. The molecule has 2 atom stereocenters. The summed E-state index contributed by atoms with van der Waals surface area (Å²) >= 11 is 0. The Kier molecular flexibility index (Phi) is 8.96. The summed E-state index contributed by atoms with van der Waals surface area (Å²) in [5.41, 5.74) is 6.64. The number of aliphatic carboxylic acids is 1. The number of amides is 1. The molecule has 45 heavy (non-hydrogen) atoms. The summed E-state index contributed by atoms with van der Waals surface area (Å²) in [5, 5.41) is 12.5. The predicted octanol–water partition coefficient (Wildman–Crippen LogP) is 5.13. The molecular formula is C33H32FN5O6. The Labute approximate surface area is 257 Å². The fourth-order valence-corrected chi connectivity index (χ4v) is 5.15. The normalized spacial score (nSPS) is 12.5. The van der Waals surface area contributed by atoms with Crippen LogP contribution in [0.1, 0.15) is 29.4 Å². The maximum Gasteiger partial charge on any atom is 0.320 e. The van der Waals surface area contributed by atoms with E-state index >= 15 is 4.39 Å².